The third-order valence-corrected chi connectivity index (χ3v) is 1.83. The van der Waals surface area contributed by atoms with Gasteiger partial charge in [0.1, 0.15) is 13.3 Å². The Morgan fingerprint density at radius 3 is 1.86 bits per heavy atom. The van der Waals surface area contributed by atoms with Gasteiger partial charge in [-0.3, -0.25) is 0 Å². The summed E-state index contributed by atoms with van der Waals surface area (Å²) in [6.45, 7) is -0.383. The lowest BCUT2D eigenvalue weighted by atomic mass is 10.3. The molecule has 0 heterocycles. The second-order valence-electron chi connectivity index (χ2n) is 2.70. The maximum absolute atomic E-state index is 12.1. The van der Waals surface area contributed by atoms with E-state index in [1.807, 2.05) is 30.3 Å². The van der Waals surface area contributed by atoms with E-state index in [9.17, 15) is 8.78 Å². The molecule has 0 saturated heterocycles. The van der Waals surface area contributed by atoms with Crippen LogP contribution in [0, 0.1) is 0 Å². The first-order chi connectivity index (χ1) is 6.38. The van der Waals surface area contributed by atoms with E-state index in [1.165, 1.54) is 0 Å². The SMILES string of the molecule is Cl.FCCN(CCF)c1ccccc1. The van der Waals surface area contributed by atoms with Crippen molar-refractivity contribution in [2.75, 3.05) is 31.3 Å². The molecule has 0 unspecified atom stereocenters. The van der Waals surface area contributed by atoms with E-state index in [1.54, 1.807) is 4.90 Å². The highest BCUT2D eigenvalue weighted by atomic mass is 35.5. The van der Waals surface area contributed by atoms with E-state index in [0.717, 1.165) is 5.69 Å². The number of alkyl halides is 2. The molecule has 0 aliphatic carbocycles. The third kappa shape index (κ3) is 3.92. The normalized spacial score (nSPS) is 9.29. The van der Waals surface area contributed by atoms with Gasteiger partial charge in [0.05, 0.1) is 0 Å². The molecule has 0 fully saturated rings. The zero-order chi connectivity index (χ0) is 9.52. The summed E-state index contributed by atoms with van der Waals surface area (Å²) in [6, 6.07) is 9.31. The molecule has 14 heavy (non-hydrogen) atoms. The van der Waals surface area contributed by atoms with E-state index in [4.69, 9.17) is 0 Å². The summed E-state index contributed by atoms with van der Waals surface area (Å²) < 4.78 is 24.2. The molecule has 0 amide bonds. The van der Waals surface area contributed by atoms with Gasteiger partial charge in [-0.2, -0.15) is 0 Å². The number of halogens is 3. The van der Waals surface area contributed by atoms with Crippen LogP contribution in [0.25, 0.3) is 0 Å². The van der Waals surface area contributed by atoms with Crippen LogP contribution in [0.5, 0.6) is 0 Å². The van der Waals surface area contributed by atoms with E-state index in [0.29, 0.717) is 0 Å². The van der Waals surface area contributed by atoms with Crippen LogP contribution in [0.1, 0.15) is 0 Å². The molecule has 0 aliphatic rings. The highest BCUT2D eigenvalue weighted by molar-refractivity contribution is 5.85. The van der Waals surface area contributed by atoms with Crippen molar-refractivity contribution in [1.29, 1.82) is 0 Å². The van der Waals surface area contributed by atoms with Crippen LogP contribution < -0.4 is 4.90 Å². The van der Waals surface area contributed by atoms with Crippen LogP contribution in [-0.4, -0.2) is 26.4 Å². The Morgan fingerprint density at radius 2 is 1.43 bits per heavy atom. The highest BCUT2D eigenvalue weighted by Crippen LogP contribution is 2.12. The van der Waals surface area contributed by atoms with Crippen molar-refractivity contribution in [3.05, 3.63) is 30.3 Å². The van der Waals surface area contributed by atoms with Crippen molar-refractivity contribution in [1.82, 2.24) is 0 Å². The standard InChI is InChI=1S/C10H13F2N.ClH/c11-6-8-13(9-7-12)10-4-2-1-3-5-10;/h1-5H,6-9H2;1H. The van der Waals surface area contributed by atoms with Crippen LogP contribution in [0.15, 0.2) is 30.3 Å². The summed E-state index contributed by atoms with van der Waals surface area (Å²) in [4.78, 5) is 1.69. The van der Waals surface area contributed by atoms with Crippen LogP contribution in [0.4, 0.5) is 14.5 Å². The van der Waals surface area contributed by atoms with E-state index in [2.05, 4.69) is 0 Å². The second-order valence-corrected chi connectivity index (χ2v) is 2.70. The largest absolute Gasteiger partial charge is 0.366 e. The number of anilines is 1. The lowest BCUT2D eigenvalue weighted by Gasteiger charge is -2.21. The molecule has 0 atom stereocenters. The summed E-state index contributed by atoms with van der Waals surface area (Å²) in [5.41, 5.74) is 0.873. The summed E-state index contributed by atoms with van der Waals surface area (Å²) >= 11 is 0. The fourth-order valence-electron chi connectivity index (χ4n) is 1.21. The van der Waals surface area contributed by atoms with Gasteiger partial charge in [-0.05, 0) is 12.1 Å². The van der Waals surface area contributed by atoms with Crippen molar-refractivity contribution in [3.63, 3.8) is 0 Å². The van der Waals surface area contributed by atoms with Crippen molar-refractivity contribution in [2.45, 2.75) is 0 Å². The molecular formula is C10H14ClF2N. The van der Waals surface area contributed by atoms with Gasteiger partial charge in [0.15, 0.2) is 0 Å². The maximum atomic E-state index is 12.1. The second kappa shape index (κ2) is 7.56. The molecule has 4 heteroatoms. The van der Waals surface area contributed by atoms with E-state index in [-0.39, 0.29) is 25.5 Å². The van der Waals surface area contributed by atoms with Gasteiger partial charge in [-0.15, -0.1) is 12.4 Å². The minimum atomic E-state index is -0.450. The van der Waals surface area contributed by atoms with Gasteiger partial charge in [-0.1, -0.05) is 18.2 Å². The molecular weight excluding hydrogens is 208 g/mol. The lowest BCUT2D eigenvalue weighted by Crippen LogP contribution is -2.27. The average molecular weight is 222 g/mol. The van der Waals surface area contributed by atoms with Gasteiger partial charge >= 0.3 is 0 Å². The number of rotatable bonds is 5. The number of nitrogens with zero attached hydrogens (tertiary/aromatic N) is 1. The first-order valence-corrected chi connectivity index (χ1v) is 4.30. The molecule has 1 aromatic rings. The molecule has 0 spiro atoms. The van der Waals surface area contributed by atoms with Gasteiger partial charge in [-0.25, -0.2) is 8.78 Å². The first-order valence-electron chi connectivity index (χ1n) is 4.30. The Hall–Kier alpha value is -0.830. The van der Waals surface area contributed by atoms with Crippen molar-refractivity contribution in [3.8, 4) is 0 Å². The monoisotopic (exact) mass is 221 g/mol. The molecule has 80 valence electrons. The Balaban J connectivity index is 0.00000169. The summed E-state index contributed by atoms with van der Waals surface area (Å²) in [5, 5.41) is 0. The summed E-state index contributed by atoms with van der Waals surface area (Å²) in [6.07, 6.45) is 0. The molecule has 1 aromatic carbocycles. The Labute approximate surface area is 89.1 Å². The molecule has 0 aromatic heterocycles. The summed E-state index contributed by atoms with van der Waals surface area (Å²) in [7, 11) is 0. The number of hydrogen-bond acceptors (Lipinski definition) is 1. The number of benzene rings is 1. The predicted molar refractivity (Wildman–Crippen MR) is 57.9 cm³/mol. The number of para-hydroxylation sites is 1. The van der Waals surface area contributed by atoms with Gasteiger partial charge < -0.3 is 4.90 Å². The molecule has 1 rings (SSSR count). The fraction of sp³-hybridized carbons (Fsp3) is 0.400. The van der Waals surface area contributed by atoms with Gasteiger partial charge in [0.2, 0.25) is 0 Å². The molecule has 0 saturated carbocycles. The van der Waals surface area contributed by atoms with Crippen LogP contribution in [0.3, 0.4) is 0 Å². The molecule has 1 nitrogen and oxygen atoms in total. The van der Waals surface area contributed by atoms with Gasteiger partial charge in [0, 0.05) is 18.8 Å². The number of hydrogen-bond donors (Lipinski definition) is 0. The highest BCUT2D eigenvalue weighted by Gasteiger charge is 2.03. The van der Waals surface area contributed by atoms with Crippen molar-refractivity contribution >= 4 is 18.1 Å². The minimum absolute atomic E-state index is 0. The van der Waals surface area contributed by atoms with Crippen molar-refractivity contribution < 1.29 is 8.78 Å². The predicted octanol–water partition coefficient (Wildman–Crippen LogP) is 2.85. The Bertz CT molecular complexity index is 225. The Morgan fingerprint density at radius 1 is 0.929 bits per heavy atom. The average Bonchev–Trinajstić information content (AvgIpc) is 2.19. The van der Waals surface area contributed by atoms with Crippen molar-refractivity contribution in [2.24, 2.45) is 0 Å². The molecule has 0 radical (unpaired) electrons. The summed E-state index contributed by atoms with van der Waals surface area (Å²) in [5.74, 6) is 0. The van der Waals surface area contributed by atoms with E-state index < -0.39 is 13.3 Å². The van der Waals surface area contributed by atoms with Crippen LogP contribution in [0.2, 0.25) is 0 Å². The lowest BCUT2D eigenvalue weighted by molar-refractivity contribution is 0.458. The maximum Gasteiger partial charge on any atom is 0.107 e. The topological polar surface area (TPSA) is 3.24 Å². The zero-order valence-electron chi connectivity index (χ0n) is 7.83. The first kappa shape index (κ1) is 13.2. The molecule has 0 aliphatic heterocycles. The fourth-order valence-corrected chi connectivity index (χ4v) is 1.21. The minimum Gasteiger partial charge on any atom is -0.366 e. The zero-order valence-corrected chi connectivity index (χ0v) is 8.64. The van der Waals surface area contributed by atoms with Gasteiger partial charge in [0.25, 0.3) is 0 Å². The third-order valence-electron chi connectivity index (χ3n) is 1.83. The Kier molecular flexibility index (Phi) is 7.11. The quantitative estimate of drug-likeness (QED) is 0.739. The smallest absolute Gasteiger partial charge is 0.107 e. The van der Waals surface area contributed by atoms with Crippen LogP contribution >= 0.6 is 12.4 Å². The molecule has 0 bridgehead atoms. The van der Waals surface area contributed by atoms with Crippen LogP contribution in [-0.2, 0) is 0 Å². The molecule has 0 N–H and O–H groups in total. The van der Waals surface area contributed by atoms with E-state index >= 15 is 0 Å².